The maximum Gasteiger partial charge on any atom is 0.133 e. The number of benzene rings is 1. The molecular formula is C15H22FNO. The fourth-order valence-corrected chi connectivity index (χ4v) is 2.64. The van der Waals surface area contributed by atoms with Crippen LogP contribution in [-0.2, 0) is 17.9 Å². The summed E-state index contributed by atoms with van der Waals surface area (Å²) in [5, 5.41) is 0. The van der Waals surface area contributed by atoms with E-state index in [1.807, 2.05) is 6.07 Å². The standard InChI is InChI=1S/C15H22FNO/c1-11-4-2-7-14(8-11)18-10-13-6-3-5-12(9-17)15(13)16/h3,5-6,11,14H,2,4,7-10,17H2,1H3. The van der Waals surface area contributed by atoms with Gasteiger partial charge in [-0.1, -0.05) is 38.0 Å². The minimum atomic E-state index is -0.205. The summed E-state index contributed by atoms with van der Waals surface area (Å²) in [4.78, 5) is 0. The molecule has 1 aliphatic carbocycles. The highest BCUT2D eigenvalue weighted by Crippen LogP contribution is 2.26. The largest absolute Gasteiger partial charge is 0.373 e. The first-order chi connectivity index (χ1) is 8.70. The molecule has 2 atom stereocenters. The molecule has 2 unspecified atom stereocenters. The third-order valence-electron chi connectivity index (χ3n) is 3.74. The minimum Gasteiger partial charge on any atom is -0.373 e. The Balaban J connectivity index is 1.93. The van der Waals surface area contributed by atoms with E-state index in [-0.39, 0.29) is 18.5 Å². The summed E-state index contributed by atoms with van der Waals surface area (Å²) in [6.45, 7) is 2.85. The zero-order valence-corrected chi connectivity index (χ0v) is 11.0. The predicted octanol–water partition coefficient (Wildman–Crippen LogP) is 3.38. The molecule has 0 heterocycles. The lowest BCUT2D eigenvalue weighted by Crippen LogP contribution is -2.21. The Morgan fingerprint density at radius 2 is 2.11 bits per heavy atom. The van der Waals surface area contributed by atoms with Crippen LogP contribution in [0.1, 0.15) is 43.7 Å². The van der Waals surface area contributed by atoms with Gasteiger partial charge in [0.25, 0.3) is 0 Å². The van der Waals surface area contributed by atoms with Crippen LogP contribution in [0, 0.1) is 11.7 Å². The minimum absolute atomic E-state index is 0.205. The van der Waals surface area contributed by atoms with E-state index in [2.05, 4.69) is 6.92 Å². The van der Waals surface area contributed by atoms with Crippen molar-refractivity contribution in [3.63, 3.8) is 0 Å². The van der Waals surface area contributed by atoms with Crippen LogP contribution in [0.2, 0.25) is 0 Å². The Bertz CT molecular complexity index is 394. The topological polar surface area (TPSA) is 35.2 Å². The molecule has 3 heteroatoms. The predicted molar refractivity (Wildman–Crippen MR) is 70.5 cm³/mol. The molecule has 1 fully saturated rings. The van der Waals surface area contributed by atoms with E-state index in [9.17, 15) is 4.39 Å². The van der Waals surface area contributed by atoms with E-state index in [0.29, 0.717) is 17.7 Å². The van der Waals surface area contributed by atoms with Gasteiger partial charge in [-0.05, 0) is 18.8 Å². The Morgan fingerprint density at radius 1 is 1.33 bits per heavy atom. The summed E-state index contributed by atoms with van der Waals surface area (Å²) in [5.41, 5.74) is 6.68. The summed E-state index contributed by atoms with van der Waals surface area (Å²) < 4.78 is 19.8. The molecule has 100 valence electrons. The van der Waals surface area contributed by atoms with E-state index in [4.69, 9.17) is 10.5 Å². The lowest BCUT2D eigenvalue weighted by Gasteiger charge is -2.26. The van der Waals surface area contributed by atoms with Gasteiger partial charge in [0.2, 0.25) is 0 Å². The number of nitrogens with two attached hydrogens (primary N) is 1. The highest BCUT2D eigenvalue weighted by molar-refractivity contribution is 5.25. The van der Waals surface area contributed by atoms with Crippen molar-refractivity contribution in [2.75, 3.05) is 0 Å². The van der Waals surface area contributed by atoms with Gasteiger partial charge < -0.3 is 10.5 Å². The van der Waals surface area contributed by atoms with Gasteiger partial charge in [-0.2, -0.15) is 0 Å². The van der Waals surface area contributed by atoms with Crippen molar-refractivity contribution in [3.05, 3.63) is 35.1 Å². The first-order valence-electron chi connectivity index (χ1n) is 6.78. The van der Waals surface area contributed by atoms with Gasteiger partial charge in [0, 0.05) is 17.7 Å². The van der Waals surface area contributed by atoms with Crippen LogP contribution in [0.3, 0.4) is 0 Å². The van der Waals surface area contributed by atoms with E-state index in [1.165, 1.54) is 12.8 Å². The molecule has 0 aliphatic heterocycles. The highest BCUT2D eigenvalue weighted by atomic mass is 19.1. The smallest absolute Gasteiger partial charge is 0.133 e. The number of hydrogen-bond donors (Lipinski definition) is 1. The highest BCUT2D eigenvalue weighted by Gasteiger charge is 2.19. The van der Waals surface area contributed by atoms with Crippen molar-refractivity contribution in [1.82, 2.24) is 0 Å². The summed E-state index contributed by atoms with van der Waals surface area (Å²) in [6, 6.07) is 5.34. The summed E-state index contributed by atoms with van der Waals surface area (Å²) in [5.74, 6) is 0.521. The maximum atomic E-state index is 13.9. The second-order valence-corrected chi connectivity index (χ2v) is 5.30. The van der Waals surface area contributed by atoms with Crippen LogP contribution in [-0.4, -0.2) is 6.10 Å². The van der Waals surface area contributed by atoms with Crippen LogP contribution in [0.25, 0.3) is 0 Å². The summed E-state index contributed by atoms with van der Waals surface area (Å²) in [6.07, 6.45) is 4.99. The van der Waals surface area contributed by atoms with Crippen molar-refractivity contribution in [3.8, 4) is 0 Å². The molecule has 2 rings (SSSR count). The fourth-order valence-electron chi connectivity index (χ4n) is 2.64. The van der Waals surface area contributed by atoms with Crippen molar-refractivity contribution in [1.29, 1.82) is 0 Å². The molecule has 18 heavy (non-hydrogen) atoms. The van der Waals surface area contributed by atoms with Gasteiger partial charge in [0.1, 0.15) is 5.82 Å². The van der Waals surface area contributed by atoms with E-state index < -0.39 is 0 Å². The molecule has 1 aromatic rings. The van der Waals surface area contributed by atoms with Crippen LogP contribution >= 0.6 is 0 Å². The zero-order valence-electron chi connectivity index (χ0n) is 11.0. The van der Waals surface area contributed by atoms with Crippen LogP contribution < -0.4 is 5.73 Å². The Hall–Kier alpha value is -0.930. The molecule has 1 aromatic carbocycles. The van der Waals surface area contributed by atoms with Gasteiger partial charge in [0.05, 0.1) is 12.7 Å². The van der Waals surface area contributed by atoms with E-state index >= 15 is 0 Å². The van der Waals surface area contributed by atoms with Crippen molar-refractivity contribution in [2.45, 2.75) is 51.9 Å². The van der Waals surface area contributed by atoms with Gasteiger partial charge in [-0.3, -0.25) is 0 Å². The Morgan fingerprint density at radius 3 is 2.83 bits per heavy atom. The average molecular weight is 251 g/mol. The number of ether oxygens (including phenoxy) is 1. The van der Waals surface area contributed by atoms with Crippen LogP contribution in [0.4, 0.5) is 4.39 Å². The zero-order chi connectivity index (χ0) is 13.0. The Labute approximate surface area is 108 Å². The Kier molecular flexibility index (Phi) is 4.72. The number of hydrogen-bond acceptors (Lipinski definition) is 2. The second-order valence-electron chi connectivity index (χ2n) is 5.30. The molecular weight excluding hydrogens is 229 g/mol. The van der Waals surface area contributed by atoms with Crippen molar-refractivity contribution in [2.24, 2.45) is 11.7 Å². The van der Waals surface area contributed by atoms with Gasteiger partial charge in [-0.15, -0.1) is 0 Å². The number of halogens is 1. The molecule has 0 saturated heterocycles. The molecule has 1 aliphatic rings. The molecule has 2 nitrogen and oxygen atoms in total. The lowest BCUT2D eigenvalue weighted by molar-refractivity contribution is 0.00348. The number of rotatable bonds is 4. The maximum absolute atomic E-state index is 13.9. The van der Waals surface area contributed by atoms with Crippen molar-refractivity contribution < 1.29 is 9.13 Å². The molecule has 2 N–H and O–H groups in total. The monoisotopic (exact) mass is 251 g/mol. The van der Waals surface area contributed by atoms with Crippen LogP contribution in [0.5, 0.6) is 0 Å². The van der Waals surface area contributed by atoms with Crippen molar-refractivity contribution >= 4 is 0 Å². The summed E-state index contributed by atoms with van der Waals surface area (Å²) >= 11 is 0. The van der Waals surface area contributed by atoms with Gasteiger partial charge >= 0.3 is 0 Å². The third kappa shape index (κ3) is 3.30. The first-order valence-corrected chi connectivity index (χ1v) is 6.78. The molecule has 0 bridgehead atoms. The normalized spacial score (nSPS) is 24.2. The van der Waals surface area contributed by atoms with Crippen LogP contribution in [0.15, 0.2) is 18.2 Å². The van der Waals surface area contributed by atoms with E-state index in [1.54, 1.807) is 12.1 Å². The molecule has 0 aromatic heterocycles. The first kappa shape index (κ1) is 13.5. The molecule has 1 saturated carbocycles. The molecule has 0 spiro atoms. The molecule has 0 radical (unpaired) electrons. The average Bonchev–Trinajstić information content (AvgIpc) is 2.38. The third-order valence-corrected chi connectivity index (χ3v) is 3.74. The van der Waals surface area contributed by atoms with Gasteiger partial charge in [0.15, 0.2) is 0 Å². The fraction of sp³-hybridized carbons (Fsp3) is 0.600. The SMILES string of the molecule is CC1CCCC(OCc2cccc(CN)c2F)C1. The second kappa shape index (κ2) is 6.30. The molecule has 0 amide bonds. The lowest BCUT2D eigenvalue weighted by atomic mass is 9.89. The quantitative estimate of drug-likeness (QED) is 0.890. The van der Waals surface area contributed by atoms with E-state index in [0.717, 1.165) is 18.8 Å². The van der Waals surface area contributed by atoms with Gasteiger partial charge in [-0.25, -0.2) is 4.39 Å². The summed E-state index contributed by atoms with van der Waals surface area (Å²) in [7, 11) is 0.